The van der Waals surface area contributed by atoms with Gasteiger partial charge >= 0.3 is 6.03 Å². The zero-order valence-electron chi connectivity index (χ0n) is 15.2. The first-order valence-corrected chi connectivity index (χ1v) is 9.27. The fourth-order valence-corrected chi connectivity index (χ4v) is 3.24. The van der Waals surface area contributed by atoms with E-state index in [1.807, 2.05) is 30.3 Å². The molecule has 0 atom stereocenters. The van der Waals surface area contributed by atoms with E-state index in [0.29, 0.717) is 24.6 Å². The molecule has 29 heavy (non-hydrogen) atoms. The molecule has 0 unspecified atom stereocenters. The molecule has 1 fully saturated rings. The van der Waals surface area contributed by atoms with E-state index in [-0.39, 0.29) is 16.6 Å². The van der Waals surface area contributed by atoms with Gasteiger partial charge in [-0.15, -0.1) is 0 Å². The Hall–Kier alpha value is -3.45. The lowest BCUT2D eigenvalue weighted by atomic mass is 10.2. The maximum atomic E-state index is 13.2. The summed E-state index contributed by atoms with van der Waals surface area (Å²) in [5.74, 6) is -0.528. The Bertz CT molecular complexity index is 1060. The zero-order chi connectivity index (χ0) is 20.4. The second-order valence-corrected chi connectivity index (χ2v) is 6.82. The highest BCUT2D eigenvalue weighted by Gasteiger charge is 2.31. The number of rotatable bonds is 4. The highest BCUT2D eigenvalue weighted by molar-refractivity contribution is 6.31. The van der Waals surface area contributed by atoms with Crippen molar-refractivity contribution in [1.82, 2.24) is 4.98 Å². The fourth-order valence-electron chi connectivity index (χ4n) is 3.06. The maximum absolute atomic E-state index is 13.2. The number of anilines is 3. The van der Waals surface area contributed by atoms with E-state index in [2.05, 4.69) is 10.3 Å². The molecular weight excluding hydrogens is 395 g/mol. The minimum Gasteiger partial charge on any atom is -0.321 e. The first kappa shape index (κ1) is 18.9. The smallest absolute Gasteiger partial charge is 0.321 e. The Kier molecular flexibility index (Phi) is 5.14. The van der Waals surface area contributed by atoms with Crippen molar-refractivity contribution in [3.63, 3.8) is 0 Å². The van der Waals surface area contributed by atoms with E-state index in [0.717, 1.165) is 11.8 Å². The minimum absolute atomic E-state index is 0.123. The molecule has 3 aromatic rings. The summed E-state index contributed by atoms with van der Waals surface area (Å²) in [5.41, 5.74) is 1.52. The summed E-state index contributed by atoms with van der Waals surface area (Å²) < 4.78 is 13.2. The van der Waals surface area contributed by atoms with Crippen molar-refractivity contribution in [2.75, 3.05) is 28.2 Å². The van der Waals surface area contributed by atoms with Crippen LogP contribution in [0.15, 0.2) is 66.9 Å². The van der Waals surface area contributed by atoms with Crippen LogP contribution in [0.3, 0.4) is 0 Å². The average Bonchev–Trinajstić information content (AvgIpc) is 3.12. The molecule has 1 aromatic heterocycles. The molecule has 0 radical (unpaired) electrons. The highest BCUT2D eigenvalue weighted by Crippen LogP contribution is 2.24. The Morgan fingerprint density at radius 3 is 2.48 bits per heavy atom. The van der Waals surface area contributed by atoms with Crippen LogP contribution in [-0.4, -0.2) is 30.0 Å². The normalized spacial score (nSPS) is 13.7. The first-order chi connectivity index (χ1) is 14.0. The van der Waals surface area contributed by atoms with Gasteiger partial charge in [-0.1, -0.05) is 29.8 Å². The Morgan fingerprint density at radius 1 is 1.03 bits per heavy atom. The lowest BCUT2D eigenvalue weighted by Gasteiger charge is -2.18. The molecule has 1 N–H and O–H groups in total. The molecule has 1 aliphatic heterocycles. The Labute approximate surface area is 171 Å². The molecule has 2 aromatic carbocycles. The van der Waals surface area contributed by atoms with Gasteiger partial charge in [-0.3, -0.25) is 14.6 Å². The molecule has 0 aliphatic carbocycles. The van der Waals surface area contributed by atoms with Gasteiger partial charge in [0.1, 0.15) is 11.6 Å². The number of hydrogen-bond acceptors (Lipinski definition) is 3. The van der Waals surface area contributed by atoms with Gasteiger partial charge < -0.3 is 5.32 Å². The van der Waals surface area contributed by atoms with E-state index < -0.39 is 11.7 Å². The SMILES string of the molecule is O=C(Nc1ccc(N2CCN(c3ccccc3)C2=O)nc1)c1ccc(F)c(Cl)c1. The number of nitrogens with zero attached hydrogens (tertiary/aromatic N) is 3. The lowest BCUT2D eigenvalue weighted by molar-refractivity contribution is 0.102. The molecule has 0 spiro atoms. The van der Waals surface area contributed by atoms with Gasteiger partial charge in [0.05, 0.1) is 16.9 Å². The third-order valence-corrected chi connectivity index (χ3v) is 4.83. The van der Waals surface area contributed by atoms with Crippen molar-refractivity contribution in [2.45, 2.75) is 0 Å². The number of aromatic nitrogens is 1. The molecule has 3 amide bonds. The third-order valence-electron chi connectivity index (χ3n) is 4.54. The molecule has 6 nitrogen and oxygen atoms in total. The molecule has 0 saturated carbocycles. The van der Waals surface area contributed by atoms with Crippen molar-refractivity contribution < 1.29 is 14.0 Å². The van der Waals surface area contributed by atoms with Crippen molar-refractivity contribution >= 4 is 40.7 Å². The number of carbonyl (C=O) groups is 2. The second-order valence-electron chi connectivity index (χ2n) is 6.41. The summed E-state index contributed by atoms with van der Waals surface area (Å²) in [4.78, 5) is 32.6. The highest BCUT2D eigenvalue weighted by atomic mass is 35.5. The van der Waals surface area contributed by atoms with Crippen LogP contribution in [-0.2, 0) is 0 Å². The summed E-state index contributed by atoms with van der Waals surface area (Å²) in [6.07, 6.45) is 1.47. The maximum Gasteiger partial charge on any atom is 0.330 e. The molecule has 4 rings (SSSR count). The second kappa shape index (κ2) is 7.89. The summed E-state index contributed by atoms with van der Waals surface area (Å²) in [5, 5.41) is 2.55. The van der Waals surface area contributed by atoms with Crippen LogP contribution in [0.4, 0.5) is 26.4 Å². The van der Waals surface area contributed by atoms with E-state index >= 15 is 0 Å². The van der Waals surface area contributed by atoms with Gasteiger partial charge in [0.2, 0.25) is 0 Å². The molecule has 1 saturated heterocycles. The van der Waals surface area contributed by atoms with Crippen molar-refractivity contribution in [2.24, 2.45) is 0 Å². The minimum atomic E-state index is -0.589. The van der Waals surface area contributed by atoms with E-state index in [4.69, 9.17) is 11.6 Å². The van der Waals surface area contributed by atoms with Crippen molar-refractivity contribution in [1.29, 1.82) is 0 Å². The third kappa shape index (κ3) is 3.90. The summed E-state index contributed by atoms with van der Waals surface area (Å²) in [7, 11) is 0. The number of urea groups is 1. The van der Waals surface area contributed by atoms with Crippen LogP contribution >= 0.6 is 11.6 Å². The number of amides is 3. The van der Waals surface area contributed by atoms with E-state index in [1.54, 1.807) is 21.9 Å². The fraction of sp³-hybridized carbons (Fsp3) is 0.0952. The van der Waals surface area contributed by atoms with Crippen molar-refractivity contribution in [3.05, 3.63) is 83.3 Å². The molecule has 1 aliphatic rings. The van der Waals surface area contributed by atoms with Crippen LogP contribution in [0.1, 0.15) is 10.4 Å². The summed E-state index contributed by atoms with van der Waals surface area (Å²) >= 11 is 5.72. The quantitative estimate of drug-likeness (QED) is 0.685. The Balaban J connectivity index is 1.45. The molecule has 0 bridgehead atoms. The lowest BCUT2D eigenvalue weighted by Crippen LogP contribution is -2.32. The molecule has 2 heterocycles. The van der Waals surface area contributed by atoms with Crippen LogP contribution in [0.5, 0.6) is 0 Å². The molecule has 8 heteroatoms. The molecular formula is C21H16ClFN4O2. The van der Waals surface area contributed by atoms with Crippen LogP contribution in [0.2, 0.25) is 5.02 Å². The van der Waals surface area contributed by atoms with Gasteiger partial charge in [-0.25, -0.2) is 14.2 Å². The number of carbonyl (C=O) groups excluding carboxylic acids is 2. The summed E-state index contributed by atoms with van der Waals surface area (Å²) in [6.45, 7) is 1.08. The largest absolute Gasteiger partial charge is 0.330 e. The molecule has 146 valence electrons. The number of nitrogens with one attached hydrogen (secondary N) is 1. The number of pyridine rings is 1. The predicted molar refractivity (Wildman–Crippen MR) is 110 cm³/mol. The Morgan fingerprint density at radius 2 is 1.79 bits per heavy atom. The zero-order valence-corrected chi connectivity index (χ0v) is 15.9. The number of halogens is 2. The standard InChI is InChI=1S/C21H16ClFN4O2/c22-17-12-14(6-8-18(17)23)20(28)25-15-7-9-19(24-13-15)27-11-10-26(21(27)29)16-4-2-1-3-5-16/h1-9,12-13H,10-11H2,(H,25,28). The number of hydrogen-bond donors (Lipinski definition) is 1. The van der Waals surface area contributed by atoms with Crippen LogP contribution in [0.25, 0.3) is 0 Å². The number of para-hydroxylation sites is 1. The van der Waals surface area contributed by atoms with Gasteiger partial charge in [0.15, 0.2) is 0 Å². The van der Waals surface area contributed by atoms with Gasteiger partial charge in [-0.2, -0.15) is 0 Å². The topological polar surface area (TPSA) is 65.5 Å². The van der Waals surface area contributed by atoms with E-state index in [9.17, 15) is 14.0 Å². The van der Waals surface area contributed by atoms with Gasteiger partial charge in [0.25, 0.3) is 5.91 Å². The van der Waals surface area contributed by atoms with E-state index in [1.165, 1.54) is 18.3 Å². The van der Waals surface area contributed by atoms with Crippen molar-refractivity contribution in [3.8, 4) is 0 Å². The monoisotopic (exact) mass is 410 g/mol. The number of benzene rings is 2. The first-order valence-electron chi connectivity index (χ1n) is 8.89. The van der Waals surface area contributed by atoms with Crippen LogP contribution in [0, 0.1) is 5.82 Å². The van der Waals surface area contributed by atoms with Gasteiger partial charge in [0, 0.05) is 24.3 Å². The predicted octanol–water partition coefficient (Wildman–Crippen LogP) is 4.57. The van der Waals surface area contributed by atoms with Gasteiger partial charge in [-0.05, 0) is 42.5 Å². The summed E-state index contributed by atoms with van der Waals surface area (Å²) in [6, 6.07) is 16.3. The average molecular weight is 411 g/mol. The van der Waals surface area contributed by atoms with Crippen LogP contribution < -0.4 is 15.1 Å².